The van der Waals surface area contributed by atoms with Crippen molar-refractivity contribution in [1.82, 2.24) is 4.98 Å². The second-order valence-electron chi connectivity index (χ2n) is 6.97. The third-order valence-electron chi connectivity index (χ3n) is 4.74. The predicted molar refractivity (Wildman–Crippen MR) is 113 cm³/mol. The summed E-state index contributed by atoms with van der Waals surface area (Å²) in [7, 11) is -3.95. The molecule has 0 aliphatic heterocycles. The maximum absolute atomic E-state index is 13.0. The standard InChI is InChI=1S/C23H20N2O3S/c1-15-8-11-18(12-9-15)29(27,28)25-22-21(17-6-4-3-5-7-17)19-14-16(2)10-13-20(19)24-23(22)26/h3-14,25H,1-2H3,(H,24,26)/p-1. The van der Waals surface area contributed by atoms with Gasteiger partial charge in [-0.2, -0.15) is 0 Å². The molecule has 1 heterocycles. The fourth-order valence-electron chi connectivity index (χ4n) is 3.26. The van der Waals surface area contributed by atoms with Crippen LogP contribution in [0.25, 0.3) is 22.0 Å². The summed E-state index contributed by atoms with van der Waals surface area (Å²) in [5.41, 5.74) is 3.68. The Labute approximate surface area is 169 Å². The number of anilines is 1. The summed E-state index contributed by atoms with van der Waals surface area (Å²) in [6.45, 7) is 3.82. The predicted octanol–water partition coefficient (Wildman–Crippen LogP) is 4.39. The maximum Gasteiger partial charge on any atom is 0.261 e. The Morgan fingerprint density at radius 2 is 1.52 bits per heavy atom. The van der Waals surface area contributed by atoms with Gasteiger partial charge in [0.05, 0.1) is 16.1 Å². The van der Waals surface area contributed by atoms with Crippen molar-refractivity contribution in [2.24, 2.45) is 0 Å². The normalized spacial score (nSPS) is 11.5. The lowest BCUT2D eigenvalue weighted by Crippen LogP contribution is -2.16. The van der Waals surface area contributed by atoms with Gasteiger partial charge in [0.1, 0.15) is 0 Å². The van der Waals surface area contributed by atoms with Gasteiger partial charge in [0.25, 0.3) is 10.0 Å². The molecule has 0 aliphatic carbocycles. The lowest BCUT2D eigenvalue weighted by Gasteiger charge is -2.21. The van der Waals surface area contributed by atoms with Gasteiger partial charge in [0, 0.05) is 16.8 Å². The highest BCUT2D eigenvalue weighted by Crippen LogP contribution is 2.40. The van der Waals surface area contributed by atoms with E-state index in [9.17, 15) is 13.5 Å². The quantitative estimate of drug-likeness (QED) is 0.548. The van der Waals surface area contributed by atoms with Crippen LogP contribution < -0.4 is 9.83 Å². The molecule has 5 nitrogen and oxygen atoms in total. The van der Waals surface area contributed by atoms with Crippen LogP contribution >= 0.6 is 0 Å². The molecule has 1 N–H and O–H groups in total. The lowest BCUT2D eigenvalue weighted by atomic mass is 9.98. The molecule has 0 atom stereocenters. The first-order chi connectivity index (χ1) is 13.8. The highest BCUT2D eigenvalue weighted by atomic mass is 32.2. The average Bonchev–Trinajstić information content (AvgIpc) is 2.70. The van der Waals surface area contributed by atoms with Gasteiger partial charge in [-0.3, -0.25) is 9.71 Å². The Balaban J connectivity index is 1.96. The van der Waals surface area contributed by atoms with Crippen molar-refractivity contribution in [1.29, 1.82) is 0 Å². The van der Waals surface area contributed by atoms with Gasteiger partial charge in [0.2, 0.25) is 0 Å². The Morgan fingerprint density at radius 1 is 0.862 bits per heavy atom. The summed E-state index contributed by atoms with van der Waals surface area (Å²) in [5, 5.41) is 13.6. The van der Waals surface area contributed by atoms with Crippen LogP contribution in [-0.4, -0.2) is 13.4 Å². The number of aryl methyl sites for hydroxylation is 2. The number of benzene rings is 3. The smallest absolute Gasteiger partial charge is 0.261 e. The molecule has 146 valence electrons. The Hall–Kier alpha value is -3.38. The van der Waals surface area contributed by atoms with Crippen molar-refractivity contribution in [2.75, 3.05) is 4.72 Å². The number of pyridine rings is 1. The molecule has 0 amide bonds. The maximum atomic E-state index is 13.0. The highest BCUT2D eigenvalue weighted by Gasteiger charge is 2.20. The molecule has 0 spiro atoms. The number of hydrogen-bond acceptors (Lipinski definition) is 4. The molecular formula is C23H19N2O3S-. The van der Waals surface area contributed by atoms with E-state index in [0.29, 0.717) is 11.1 Å². The van der Waals surface area contributed by atoms with Crippen LogP contribution in [0.1, 0.15) is 11.1 Å². The van der Waals surface area contributed by atoms with Gasteiger partial charge in [-0.05, 0) is 43.7 Å². The molecule has 0 bridgehead atoms. The van der Waals surface area contributed by atoms with E-state index in [-0.39, 0.29) is 10.6 Å². The summed E-state index contributed by atoms with van der Waals surface area (Å²) in [5.74, 6) is -0.615. The fourth-order valence-corrected chi connectivity index (χ4v) is 4.33. The zero-order chi connectivity index (χ0) is 20.6. The van der Waals surface area contributed by atoms with Gasteiger partial charge < -0.3 is 5.11 Å². The highest BCUT2D eigenvalue weighted by molar-refractivity contribution is 7.92. The van der Waals surface area contributed by atoms with E-state index in [1.807, 2.05) is 56.3 Å². The van der Waals surface area contributed by atoms with E-state index >= 15 is 0 Å². The Bertz CT molecular complexity index is 1300. The summed E-state index contributed by atoms with van der Waals surface area (Å²) in [6, 6.07) is 21.3. The molecule has 3 aromatic carbocycles. The van der Waals surface area contributed by atoms with E-state index in [2.05, 4.69) is 9.71 Å². The van der Waals surface area contributed by atoms with Crippen LogP contribution in [-0.2, 0) is 10.0 Å². The number of sulfonamides is 1. The molecule has 6 heteroatoms. The first kappa shape index (κ1) is 19.0. The van der Waals surface area contributed by atoms with Crippen molar-refractivity contribution in [3.8, 4) is 17.0 Å². The van der Waals surface area contributed by atoms with E-state index in [4.69, 9.17) is 0 Å². The Kier molecular flexibility index (Phi) is 4.72. The number of nitrogens with one attached hydrogen (secondary N) is 1. The lowest BCUT2D eigenvalue weighted by molar-refractivity contribution is -0.273. The minimum absolute atomic E-state index is 0.0464. The molecule has 0 radical (unpaired) electrons. The first-order valence-corrected chi connectivity index (χ1v) is 10.6. The van der Waals surface area contributed by atoms with Crippen LogP contribution in [0.4, 0.5) is 5.69 Å². The molecule has 0 saturated carbocycles. The van der Waals surface area contributed by atoms with Crippen LogP contribution in [0.15, 0.2) is 77.7 Å². The third kappa shape index (κ3) is 3.67. The average molecular weight is 403 g/mol. The second-order valence-corrected chi connectivity index (χ2v) is 8.65. The van der Waals surface area contributed by atoms with Crippen molar-refractivity contribution in [2.45, 2.75) is 18.7 Å². The van der Waals surface area contributed by atoms with Gasteiger partial charge in [-0.25, -0.2) is 8.42 Å². The SMILES string of the molecule is Cc1ccc(S(=O)(=O)Nc2c([O-])nc3ccc(C)cc3c2-c2ccccc2)cc1. The molecule has 1 aromatic heterocycles. The second kappa shape index (κ2) is 7.22. The molecule has 29 heavy (non-hydrogen) atoms. The molecule has 0 saturated heterocycles. The third-order valence-corrected chi connectivity index (χ3v) is 6.10. The summed E-state index contributed by atoms with van der Waals surface area (Å²) >= 11 is 0. The summed E-state index contributed by atoms with van der Waals surface area (Å²) in [6.07, 6.45) is 0. The van der Waals surface area contributed by atoms with Gasteiger partial charge in [-0.1, -0.05) is 59.7 Å². The van der Waals surface area contributed by atoms with Gasteiger partial charge >= 0.3 is 0 Å². The van der Waals surface area contributed by atoms with Crippen molar-refractivity contribution in [3.63, 3.8) is 0 Å². The topological polar surface area (TPSA) is 82.1 Å². The number of rotatable bonds is 4. The zero-order valence-corrected chi connectivity index (χ0v) is 16.8. The van der Waals surface area contributed by atoms with E-state index in [1.54, 1.807) is 18.2 Å². The fraction of sp³-hybridized carbons (Fsp3) is 0.0870. The molecule has 0 fully saturated rings. The number of aromatic nitrogens is 1. The van der Waals surface area contributed by atoms with E-state index in [1.165, 1.54) is 12.1 Å². The van der Waals surface area contributed by atoms with Gasteiger partial charge in [-0.15, -0.1) is 0 Å². The molecule has 4 rings (SSSR count). The summed E-state index contributed by atoms with van der Waals surface area (Å²) in [4.78, 5) is 4.20. The van der Waals surface area contributed by atoms with Crippen molar-refractivity contribution in [3.05, 3.63) is 83.9 Å². The molecular weight excluding hydrogens is 384 g/mol. The molecule has 0 unspecified atom stereocenters. The number of nitrogens with zero attached hydrogens (tertiary/aromatic N) is 1. The number of fused-ring (bicyclic) bond motifs is 1. The van der Waals surface area contributed by atoms with Crippen LogP contribution in [0.3, 0.4) is 0 Å². The van der Waals surface area contributed by atoms with Crippen LogP contribution in [0.5, 0.6) is 5.88 Å². The Morgan fingerprint density at radius 3 is 2.21 bits per heavy atom. The van der Waals surface area contributed by atoms with Crippen molar-refractivity contribution >= 4 is 26.6 Å². The van der Waals surface area contributed by atoms with Crippen molar-refractivity contribution < 1.29 is 13.5 Å². The summed E-state index contributed by atoms with van der Waals surface area (Å²) < 4.78 is 28.4. The zero-order valence-electron chi connectivity index (χ0n) is 16.0. The minimum Gasteiger partial charge on any atom is -0.857 e. The number of hydrogen-bond donors (Lipinski definition) is 1. The first-order valence-electron chi connectivity index (χ1n) is 9.11. The molecule has 0 aliphatic rings. The van der Waals surface area contributed by atoms with Crippen LogP contribution in [0.2, 0.25) is 0 Å². The minimum atomic E-state index is -3.95. The monoisotopic (exact) mass is 403 g/mol. The van der Waals surface area contributed by atoms with E-state index in [0.717, 1.165) is 22.1 Å². The largest absolute Gasteiger partial charge is 0.857 e. The van der Waals surface area contributed by atoms with Gasteiger partial charge in [0.15, 0.2) is 0 Å². The molecule has 4 aromatic rings. The van der Waals surface area contributed by atoms with Crippen LogP contribution in [0, 0.1) is 13.8 Å². The van der Waals surface area contributed by atoms with E-state index < -0.39 is 15.9 Å².